The summed E-state index contributed by atoms with van der Waals surface area (Å²) in [6.07, 6.45) is 12.4. The van der Waals surface area contributed by atoms with Crippen LogP contribution >= 0.6 is 0 Å². The lowest BCUT2D eigenvalue weighted by Crippen LogP contribution is -1.84. The van der Waals surface area contributed by atoms with E-state index >= 15 is 0 Å². The van der Waals surface area contributed by atoms with Crippen molar-refractivity contribution in [3.05, 3.63) is 0 Å². The largest absolute Gasteiger partial charge is 0.396 e. The topological polar surface area (TPSA) is 20.2 Å². The summed E-state index contributed by atoms with van der Waals surface area (Å²) < 4.78 is 29.0. The average Bonchev–Trinajstić information content (AvgIpc) is 2.38. The SMILES string of the molecule is [2H]C([2H])(O)C([2H])([2H])CCCCCCCCCCCCCC. The molecule has 0 aromatic heterocycles. The minimum Gasteiger partial charge on any atom is -0.396 e. The van der Waals surface area contributed by atoms with Crippen LogP contribution in [0.5, 0.6) is 0 Å². The predicted octanol–water partition coefficient (Wildman–Crippen LogP) is 5.46. The van der Waals surface area contributed by atoms with Gasteiger partial charge in [0.05, 0.1) is 2.74 Å². The Kier molecular flexibility index (Phi) is 10.2. The molecule has 1 nitrogen and oxygen atoms in total. The lowest BCUT2D eigenvalue weighted by atomic mass is 10.0. The van der Waals surface area contributed by atoms with Gasteiger partial charge in [-0.15, -0.1) is 0 Å². The van der Waals surface area contributed by atoms with Crippen LogP contribution in [0.2, 0.25) is 0 Å². The fraction of sp³-hybridized carbons (Fsp3) is 1.00. The van der Waals surface area contributed by atoms with Gasteiger partial charge in [0.2, 0.25) is 0 Å². The molecule has 0 aromatic carbocycles. The molecule has 17 heavy (non-hydrogen) atoms. The Morgan fingerprint density at radius 2 is 1.00 bits per heavy atom. The van der Waals surface area contributed by atoms with Gasteiger partial charge < -0.3 is 5.11 Å². The van der Waals surface area contributed by atoms with Gasteiger partial charge >= 0.3 is 0 Å². The monoisotopic (exact) mass is 246 g/mol. The van der Waals surface area contributed by atoms with Crippen molar-refractivity contribution in [1.82, 2.24) is 0 Å². The van der Waals surface area contributed by atoms with Gasteiger partial charge in [0.1, 0.15) is 0 Å². The Bertz CT molecular complexity index is 239. The first-order valence-corrected chi connectivity index (χ1v) is 7.53. The summed E-state index contributed by atoms with van der Waals surface area (Å²) in [4.78, 5) is 0. The highest BCUT2D eigenvalue weighted by Crippen LogP contribution is 2.12. The van der Waals surface area contributed by atoms with Crippen LogP contribution in [-0.4, -0.2) is 11.7 Å². The highest BCUT2D eigenvalue weighted by atomic mass is 16.2. The van der Waals surface area contributed by atoms with Crippen LogP contribution in [0.1, 0.15) is 102 Å². The first-order valence-electron chi connectivity index (χ1n) is 9.53. The highest BCUT2D eigenvalue weighted by molar-refractivity contribution is 4.48. The second kappa shape index (κ2) is 16.0. The molecule has 0 bridgehead atoms. The number of rotatable bonds is 14. The summed E-state index contributed by atoms with van der Waals surface area (Å²) in [6.45, 7) is -0.495. The number of aliphatic hydroxyl groups is 1. The Labute approximate surface area is 115 Å². The third-order valence-electron chi connectivity index (χ3n) is 3.23. The molecule has 1 N–H and O–H groups in total. The van der Waals surface area contributed by atoms with Gasteiger partial charge in [0.15, 0.2) is 0 Å². The van der Waals surface area contributed by atoms with Crippen molar-refractivity contribution in [2.24, 2.45) is 0 Å². The molecule has 0 fully saturated rings. The molecule has 0 rings (SSSR count). The molecule has 0 unspecified atom stereocenters. The van der Waals surface area contributed by atoms with E-state index in [0.717, 1.165) is 12.8 Å². The summed E-state index contributed by atoms with van der Waals surface area (Å²) in [5, 5.41) is 9.08. The number of unbranched alkanes of at least 4 members (excludes halogenated alkanes) is 11. The molecule has 1 heteroatoms. The zero-order valence-corrected chi connectivity index (χ0v) is 11.6. The minimum absolute atomic E-state index is 0.0912. The fourth-order valence-corrected chi connectivity index (χ4v) is 2.11. The third-order valence-corrected chi connectivity index (χ3v) is 3.23. The highest BCUT2D eigenvalue weighted by Gasteiger charge is 1.93. The standard InChI is InChI=1S/C16H34O/c1-2-3-4-5-6-7-8-9-10-11-12-13-14-15-16-17/h17H,2-16H2,1H3/i15D2,16D2. The molecule has 0 aliphatic heterocycles. The van der Waals surface area contributed by atoms with Crippen molar-refractivity contribution in [3.63, 3.8) is 0 Å². The maximum Gasteiger partial charge on any atom is 0.0564 e. The number of hydrogen-bond donors (Lipinski definition) is 1. The van der Waals surface area contributed by atoms with Crippen LogP contribution in [0.25, 0.3) is 0 Å². The normalized spacial score (nSPS) is 16.1. The lowest BCUT2D eigenvalue weighted by Gasteiger charge is -2.02. The van der Waals surface area contributed by atoms with Crippen molar-refractivity contribution >= 4 is 0 Å². The summed E-state index contributed by atoms with van der Waals surface area (Å²) in [5.41, 5.74) is 0. The molecular formula is C16H34O. The maximum atomic E-state index is 9.08. The van der Waals surface area contributed by atoms with Crippen molar-refractivity contribution in [2.45, 2.75) is 96.8 Å². The van der Waals surface area contributed by atoms with Gasteiger partial charge in [-0.2, -0.15) is 0 Å². The van der Waals surface area contributed by atoms with Crippen LogP contribution < -0.4 is 0 Å². The Hall–Kier alpha value is -0.0400. The zero-order valence-electron chi connectivity index (χ0n) is 15.6. The summed E-state index contributed by atoms with van der Waals surface area (Å²) in [5.74, 6) is 0. The third kappa shape index (κ3) is 16.0. The molecular weight excluding hydrogens is 208 g/mol. The van der Waals surface area contributed by atoms with Gasteiger partial charge in [-0.3, -0.25) is 0 Å². The van der Waals surface area contributed by atoms with Gasteiger partial charge in [-0.25, -0.2) is 0 Å². The molecule has 0 aromatic rings. The Morgan fingerprint density at radius 3 is 1.35 bits per heavy atom. The molecule has 0 saturated heterocycles. The van der Waals surface area contributed by atoms with Crippen molar-refractivity contribution in [3.8, 4) is 0 Å². The second-order valence-corrected chi connectivity index (χ2v) is 4.93. The van der Waals surface area contributed by atoms with Crippen LogP contribution in [0.15, 0.2) is 0 Å². The molecule has 0 spiro atoms. The first-order chi connectivity index (χ1) is 9.81. The van der Waals surface area contributed by atoms with Crippen LogP contribution in [0.3, 0.4) is 0 Å². The number of hydrogen-bond acceptors (Lipinski definition) is 1. The fourth-order valence-electron chi connectivity index (χ4n) is 2.11. The quantitative estimate of drug-likeness (QED) is 0.403. The Morgan fingerprint density at radius 1 is 0.647 bits per heavy atom. The van der Waals surface area contributed by atoms with E-state index in [1.54, 1.807) is 0 Å². The summed E-state index contributed by atoms with van der Waals surface area (Å²) >= 11 is 0. The van der Waals surface area contributed by atoms with E-state index in [2.05, 4.69) is 6.92 Å². The van der Waals surface area contributed by atoms with Crippen molar-refractivity contribution in [2.75, 3.05) is 6.56 Å². The molecule has 0 aliphatic carbocycles. The molecule has 0 amide bonds. The minimum atomic E-state index is -2.73. The predicted molar refractivity (Wildman–Crippen MR) is 77.4 cm³/mol. The van der Waals surface area contributed by atoms with Crippen molar-refractivity contribution in [1.29, 1.82) is 0 Å². The van der Waals surface area contributed by atoms with Crippen LogP contribution in [0, 0.1) is 0 Å². The maximum absolute atomic E-state index is 9.08. The van der Waals surface area contributed by atoms with Gasteiger partial charge in [-0.05, 0) is 6.37 Å². The molecule has 0 radical (unpaired) electrons. The van der Waals surface area contributed by atoms with Gasteiger partial charge in [0, 0.05) is 9.30 Å². The van der Waals surface area contributed by atoms with Crippen LogP contribution in [-0.2, 0) is 0 Å². The summed E-state index contributed by atoms with van der Waals surface area (Å²) in [7, 11) is 0. The lowest BCUT2D eigenvalue weighted by molar-refractivity contribution is 0.282. The van der Waals surface area contributed by atoms with E-state index in [1.165, 1.54) is 57.8 Å². The Balaban J connectivity index is 3.30. The zero-order chi connectivity index (χ0) is 16.2. The average molecular weight is 246 g/mol. The smallest absolute Gasteiger partial charge is 0.0564 e. The molecule has 104 valence electrons. The van der Waals surface area contributed by atoms with Gasteiger partial charge in [0.25, 0.3) is 0 Å². The van der Waals surface area contributed by atoms with E-state index < -0.39 is 12.9 Å². The molecule has 0 atom stereocenters. The molecule has 0 saturated carbocycles. The van der Waals surface area contributed by atoms with Crippen molar-refractivity contribution < 1.29 is 10.6 Å². The van der Waals surface area contributed by atoms with E-state index in [-0.39, 0.29) is 6.42 Å². The second-order valence-electron chi connectivity index (χ2n) is 4.93. The van der Waals surface area contributed by atoms with E-state index in [4.69, 9.17) is 10.6 Å². The molecule has 0 heterocycles. The van der Waals surface area contributed by atoms with E-state index in [1.807, 2.05) is 0 Å². The molecule has 0 aliphatic rings. The van der Waals surface area contributed by atoms with E-state index in [9.17, 15) is 0 Å². The first kappa shape index (κ1) is 10.8. The van der Waals surface area contributed by atoms with E-state index in [0.29, 0.717) is 6.42 Å². The summed E-state index contributed by atoms with van der Waals surface area (Å²) in [6, 6.07) is 0. The van der Waals surface area contributed by atoms with Crippen LogP contribution in [0.4, 0.5) is 0 Å². The van der Waals surface area contributed by atoms with Gasteiger partial charge in [-0.1, -0.05) is 90.4 Å².